The van der Waals surface area contributed by atoms with Gasteiger partial charge in [-0.2, -0.15) is 0 Å². The maximum absolute atomic E-state index is 12.1. The van der Waals surface area contributed by atoms with Crippen molar-refractivity contribution in [2.75, 3.05) is 11.9 Å². The van der Waals surface area contributed by atoms with Crippen molar-refractivity contribution in [3.05, 3.63) is 28.7 Å². The zero-order valence-corrected chi connectivity index (χ0v) is 10.8. The van der Waals surface area contributed by atoms with Gasteiger partial charge in [-0.1, -0.05) is 0 Å². The van der Waals surface area contributed by atoms with Crippen molar-refractivity contribution < 1.29 is 4.79 Å². The molecule has 2 heterocycles. The number of carbonyl (C=O) groups excluding carboxylic acids is 1. The van der Waals surface area contributed by atoms with Crippen LogP contribution < -0.4 is 16.2 Å². The number of piperidine rings is 1. The van der Waals surface area contributed by atoms with Gasteiger partial charge >= 0.3 is 0 Å². The first-order chi connectivity index (χ1) is 8.56. The predicted octanol–water partition coefficient (Wildman–Crippen LogP) is 0.712. The smallest absolute Gasteiger partial charge is 0.250 e. The molecule has 2 atom stereocenters. The van der Waals surface area contributed by atoms with Gasteiger partial charge < -0.3 is 15.2 Å². The number of carbonyl (C=O) groups is 1. The maximum Gasteiger partial charge on any atom is 0.250 e. The number of anilines is 1. The van der Waals surface area contributed by atoms with Crippen molar-refractivity contribution in [2.24, 2.45) is 13.0 Å². The van der Waals surface area contributed by atoms with Gasteiger partial charge in [0.15, 0.2) is 0 Å². The molecule has 0 saturated carbocycles. The molecule has 1 aliphatic heterocycles. The minimum absolute atomic E-state index is 0.0435. The third kappa shape index (κ3) is 2.98. The molecule has 0 unspecified atom stereocenters. The van der Waals surface area contributed by atoms with Crippen LogP contribution >= 0.6 is 0 Å². The lowest BCUT2D eigenvalue weighted by atomic mass is 9.92. The van der Waals surface area contributed by atoms with Gasteiger partial charge in [0.2, 0.25) is 11.5 Å². The molecule has 0 spiro atoms. The van der Waals surface area contributed by atoms with Gasteiger partial charge in [-0.05, 0) is 32.4 Å². The summed E-state index contributed by atoms with van der Waals surface area (Å²) < 4.78 is 1.46. The number of pyridine rings is 1. The molecule has 18 heavy (non-hydrogen) atoms. The Bertz CT molecular complexity index is 495. The quantitative estimate of drug-likeness (QED) is 0.811. The van der Waals surface area contributed by atoms with Crippen molar-refractivity contribution in [2.45, 2.75) is 25.8 Å². The molecule has 1 aromatic rings. The number of aromatic nitrogens is 1. The van der Waals surface area contributed by atoms with E-state index in [0.29, 0.717) is 11.7 Å². The van der Waals surface area contributed by atoms with E-state index in [1.165, 1.54) is 10.6 Å². The van der Waals surface area contributed by atoms with E-state index in [9.17, 15) is 9.59 Å². The Balaban J connectivity index is 2.02. The summed E-state index contributed by atoms with van der Waals surface area (Å²) >= 11 is 0. The summed E-state index contributed by atoms with van der Waals surface area (Å²) in [6, 6.07) is 3.49. The monoisotopic (exact) mass is 249 g/mol. The van der Waals surface area contributed by atoms with Gasteiger partial charge in [-0.3, -0.25) is 9.59 Å². The van der Waals surface area contributed by atoms with E-state index in [2.05, 4.69) is 17.6 Å². The molecular weight excluding hydrogens is 230 g/mol. The van der Waals surface area contributed by atoms with E-state index in [0.717, 1.165) is 19.4 Å². The third-order valence-electron chi connectivity index (χ3n) is 3.35. The molecule has 1 amide bonds. The fraction of sp³-hybridized carbons (Fsp3) is 0.538. The molecule has 2 rings (SSSR count). The highest BCUT2D eigenvalue weighted by molar-refractivity contribution is 5.92. The molecule has 1 aliphatic rings. The van der Waals surface area contributed by atoms with Crippen molar-refractivity contribution >= 4 is 11.6 Å². The van der Waals surface area contributed by atoms with Gasteiger partial charge in [0.05, 0.1) is 5.69 Å². The van der Waals surface area contributed by atoms with Crippen LogP contribution in [0.2, 0.25) is 0 Å². The van der Waals surface area contributed by atoms with Crippen LogP contribution in [0.15, 0.2) is 23.1 Å². The summed E-state index contributed by atoms with van der Waals surface area (Å²) in [5.74, 6) is 0.0977. The Morgan fingerprint density at radius 2 is 2.28 bits per heavy atom. The Hall–Kier alpha value is -1.62. The lowest BCUT2D eigenvalue weighted by Crippen LogP contribution is -2.40. The number of nitrogens with zero attached hydrogens (tertiary/aromatic N) is 1. The number of hydrogen-bond acceptors (Lipinski definition) is 3. The summed E-state index contributed by atoms with van der Waals surface area (Å²) in [6.45, 7) is 2.97. The van der Waals surface area contributed by atoms with E-state index in [4.69, 9.17) is 0 Å². The van der Waals surface area contributed by atoms with Gasteiger partial charge in [-0.25, -0.2) is 0 Å². The highest BCUT2D eigenvalue weighted by Crippen LogP contribution is 2.18. The van der Waals surface area contributed by atoms with E-state index >= 15 is 0 Å². The zero-order chi connectivity index (χ0) is 13.1. The Labute approximate surface area is 106 Å². The topological polar surface area (TPSA) is 63.1 Å². The third-order valence-corrected chi connectivity index (χ3v) is 3.35. The molecule has 0 aromatic carbocycles. The zero-order valence-electron chi connectivity index (χ0n) is 10.8. The number of hydrogen-bond donors (Lipinski definition) is 2. The standard InChI is InChI=1S/C13H19N3O2/c1-9-7-10(5-6-14-9)13(18)15-11-3-4-12(17)16(2)8-11/h3-4,8-10,14H,5-7H2,1-2H3,(H,15,18)/t9-,10-/m0/s1. The van der Waals surface area contributed by atoms with Crippen molar-refractivity contribution in [1.29, 1.82) is 0 Å². The average molecular weight is 249 g/mol. The Kier molecular flexibility index (Phi) is 3.81. The van der Waals surface area contributed by atoms with Crippen LogP contribution in [0.4, 0.5) is 5.69 Å². The van der Waals surface area contributed by atoms with Gasteiger partial charge in [0, 0.05) is 31.3 Å². The fourth-order valence-electron chi connectivity index (χ4n) is 2.28. The fourth-order valence-corrected chi connectivity index (χ4v) is 2.28. The molecular formula is C13H19N3O2. The summed E-state index contributed by atoms with van der Waals surface area (Å²) in [4.78, 5) is 23.3. The molecule has 1 fully saturated rings. The molecule has 98 valence electrons. The lowest BCUT2D eigenvalue weighted by Gasteiger charge is -2.27. The van der Waals surface area contributed by atoms with Crippen LogP contribution in [0.25, 0.3) is 0 Å². The van der Waals surface area contributed by atoms with Crippen LogP contribution in [0.1, 0.15) is 19.8 Å². The average Bonchev–Trinajstić information content (AvgIpc) is 2.34. The first-order valence-electron chi connectivity index (χ1n) is 6.27. The molecule has 0 radical (unpaired) electrons. The minimum Gasteiger partial charge on any atom is -0.325 e. The summed E-state index contributed by atoms with van der Waals surface area (Å²) in [5, 5.41) is 6.20. The summed E-state index contributed by atoms with van der Waals surface area (Å²) in [7, 11) is 1.67. The second kappa shape index (κ2) is 5.35. The highest BCUT2D eigenvalue weighted by Gasteiger charge is 2.24. The van der Waals surface area contributed by atoms with Gasteiger partial charge in [-0.15, -0.1) is 0 Å². The van der Waals surface area contributed by atoms with Crippen molar-refractivity contribution in [3.63, 3.8) is 0 Å². The molecule has 0 bridgehead atoms. The molecule has 0 aliphatic carbocycles. The van der Waals surface area contributed by atoms with Crippen LogP contribution in [0, 0.1) is 5.92 Å². The number of amides is 1. The number of nitrogens with one attached hydrogen (secondary N) is 2. The van der Waals surface area contributed by atoms with Gasteiger partial charge in [0.25, 0.3) is 0 Å². The van der Waals surface area contributed by atoms with E-state index < -0.39 is 0 Å². The van der Waals surface area contributed by atoms with E-state index in [-0.39, 0.29) is 17.4 Å². The molecule has 5 nitrogen and oxygen atoms in total. The van der Waals surface area contributed by atoms with Crippen LogP contribution in [0.3, 0.4) is 0 Å². The lowest BCUT2D eigenvalue weighted by molar-refractivity contribution is -0.120. The van der Waals surface area contributed by atoms with Gasteiger partial charge in [0.1, 0.15) is 0 Å². The second-order valence-corrected chi connectivity index (χ2v) is 4.93. The molecule has 2 N–H and O–H groups in total. The molecule has 5 heteroatoms. The maximum atomic E-state index is 12.1. The first kappa shape index (κ1) is 12.8. The molecule has 1 saturated heterocycles. The Morgan fingerprint density at radius 1 is 1.50 bits per heavy atom. The predicted molar refractivity (Wildman–Crippen MR) is 70.5 cm³/mol. The summed E-state index contributed by atoms with van der Waals surface area (Å²) in [6.07, 6.45) is 3.37. The van der Waals surface area contributed by atoms with Crippen LogP contribution in [0.5, 0.6) is 0 Å². The number of rotatable bonds is 2. The normalized spacial score (nSPS) is 23.7. The van der Waals surface area contributed by atoms with E-state index in [1.807, 2.05) is 0 Å². The molecule has 1 aromatic heterocycles. The van der Waals surface area contributed by atoms with E-state index in [1.54, 1.807) is 19.3 Å². The van der Waals surface area contributed by atoms with Crippen molar-refractivity contribution in [3.8, 4) is 0 Å². The second-order valence-electron chi connectivity index (χ2n) is 4.93. The van der Waals surface area contributed by atoms with Crippen molar-refractivity contribution in [1.82, 2.24) is 9.88 Å². The SMILES string of the molecule is C[C@H]1C[C@@H](C(=O)Nc2ccc(=O)n(C)c2)CCN1. The van der Waals surface area contributed by atoms with Crippen LogP contribution in [-0.2, 0) is 11.8 Å². The Morgan fingerprint density at radius 3 is 2.94 bits per heavy atom. The minimum atomic E-state index is -0.0801. The largest absolute Gasteiger partial charge is 0.325 e. The number of aryl methyl sites for hydroxylation is 1. The first-order valence-corrected chi connectivity index (χ1v) is 6.27. The highest BCUT2D eigenvalue weighted by atomic mass is 16.2. The van der Waals surface area contributed by atoms with Crippen LogP contribution in [-0.4, -0.2) is 23.1 Å². The summed E-state index contributed by atoms with van der Waals surface area (Å²) in [5.41, 5.74) is 0.594.